The van der Waals surface area contributed by atoms with Gasteiger partial charge in [-0.05, 0) is 37.3 Å². The number of anilines is 1. The average Bonchev–Trinajstić information content (AvgIpc) is 2.77. The highest BCUT2D eigenvalue weighted by Gasteiger charge is 2.23. The maximum Gasteiger partial charge on any atom is 0.258 e. The van der Waals surface area contributed by atoms with Crippen LogP contribution in [0.4, 0.5) is 10.1 Å². The van der Waals surface area contributed by atoms with E-state index in [9.17, 15) is 18.8 Å². The molecule has 31 heavy (non-hydrogen) atoms. The predicted molar refractivity (Wildman–Crippen MR) is 116 cm³/mol. The Bertz CT molecular complexity index is 1200. The van der Waals surface area contributed by atoms with Crippen LogP contribution in [0.15, 0.2) is 47.3 Å². The monoisotopic (exact) mass is 422 g/mol. The lowest BCUT2D eigenvalue weighted by molar-refractivity contribution is -0.131. The molecule has 1 N–H and O–H groups in total. The largest absolute Gasteiger partial charge is 0.366 e. The molecular formula is C23H23FN4O3. The maximum absolute atomic E-state index is 14.4. The van der Waals surface area contributed by atoms with Crippen LogP contribution in [0.25, 0.3) is 10.9 Å². The number of fused-ring (bicyclic) bond motifs is 1. The number of rotatable bonds is 5. The highest BCUT2D eigenvalue weighted by molar-refractivity contribution is 5.94. The van der Waals surface area contributed by atoms with Crippen molar-refractivity contribution < 1.29 is 14.0 Å². The Kier molecular flexibility index (Phi) is 5.79. The molecule has 160 valence electrons. The van der Waals surface area contributed by atoms with Crippen molar-refractivity contribution in [1.29, 1.82) is 0 Å². The minimum absolute atomic E-state index is 0.0251. The molecule has 1 fully saturated rings. The smallest absolute Gasteiger partial charge is 0.258 e. The quantitative estimate of drug-likeness (QED) is 0.639. The molecule has 8 heteroatoms. The number of H-pyrrole nitrogens is 1. The summed E-state index contributed by atoms with van der Waals surface area (Å²) in [6.45, 7) is 3.38. The number of nitrogens with zero attached hydrogens (tertiary/aromatic N) is 3. The summed E-state index contributed by atoms with van der Waals surface area (Å²) < 4.78 is 14.4. The number of carbonyl (C=O) groups is 2. The summed E-state index contributed by atoms with van der Waals surface area (Å²) in [7, 11) is 0. The normalized spacial score (nSPS) is 14.1. The van der Waals surface area contributed by atoms with Gasteiger partial charge in [0.15, 0.2) is 5.78 Å². The summed E-state index contributed by atoms with van der Waals surface area (Å²) >= 11 is 0. The number of para-hydroxylation sites is 1. The number of nitrogens with one attached hydrogen (secondary N) is 1. The lowest BCUT2D eigenvalue weighted by atomic mass is 10.1. The molecule has 7 nitrogen and oxygen atoms in total. The molecule has 0 saturated carbocycles. The zero-order valence-electron chi connectivity index (χ0n) is 17.2. The van der Waals surface area contributed by atoms with Gasteiger partial charge in [0.25, 0.3) is 5.56 Å². The third-order valence-electron chi connectivity index (χ3n) is 5.56. The van der Waals surface area contributed by atoms with Crippen molar-refractivity contribution in [3.05, 3.63) is 70.0 Å². The van der Waals surface area contributed by atoms with Crippen molar-refractivity contribution in [2.75, 3.05) is 31.1 Å². The van der Waals surface area contributed by atoms with Crippen molar-refractivity contribution in [1.82, 2.24) is 14.9 Å². The van der Waals surface area contributed by atoms with Gasteiger partial charge in [-0.15, -0.1) is 0 Å². The molecule has 0 aliphatic carbocycles. The average molecular weight is 422 g/mol. The first-order valence-corrected chi connectivity index (χ1v) is 10.2. The molecule has 3 aromatic rings. The van der Waals surface area contributed by atoms with E-state index in [1.165, 1.54) is 13.0 Å². The molecule has 1 aliphatic rings. The van der Waals surface area contributed by atoms with E-state index >= 15 is 0 Å². The minimum Gasteiger partial charge on any atom is -0.366 e. The fraction of sp³-hybridized carbons (Fsp3) is 0.304. The van der Waals surface area contributed by atoms with Gasteiger partial charge in [-0.2, -0.15) is 0 Å². The molecule has 1 aromatic heterocycles. The Morgan fingerprint density at radius 3 is 2.55 bits per heavy atom. The first-order chi connectivity index (χ1) is 14.9. The standard InChI is InChI=1S/C23H23FN4O3/c1-15(29)16-6-7-20(18(24)14-16)27-10-12-28(13-11-27)22(30)9-8-21-25-19-5-3-2-4-17(19)23(31)26-21/h2-7,14H,8-13H2,1H3,(H,25,26,31). The van der Waals surface area contributed by atoms with E-state index in [2.05, 4.69) is 9.97 Å². The molecule has 0 spiro atoms. The zero-order valence-corrected chi connectivity index (χ0v) is 17.2. The predicted octanol–water partition coefficient (Wildman–Crippen LogP) is 2.55. The number of benzene rings is 2. The van der Waals surface area contributed by atoms with Crippen molar-refractivity contribution in [2.24, 2.45) is 0 Å². The Labute approximate surface area is 178 Å². The molecule has 2 aromatic carbocycles. The molecule has 2 heterocycles. The van der Waals surface area contributed by atoms with Gasteiger partial charge in [-0.25, -0.2) is 9.37 Å². The summed E-state index contributed by atoms with van der Waals surface area (Å²) in [5, 5.41) is 0.525. The number of amides is 1. The number of Topliss-reactive ketones (excluding diaryl/α,β-unsaturated/α-hetero) is 1. The van der Waals surface area contributed by atoms with Crippen LogP contribution in [0.2, 0.25) is 0 Å². The topological polar surface area (TPSA) is 86.4 Å². The summed E-state index contributed by atoms with van der Waals surface area (Å²) in [6, 6.07) is 11.6. The van der Waals surface area contributed by atoms with Crippen molar-refractivity contribution >= 4 is 28.3 Å². The molecule has 1 aliphatic heterocycles. The number of aryl methyl sites for hydroxylation is 1. The van der Waals surface area contributed by atoms with E-state index in [4.69, 9.17) is 0 Å². The van der Waals surface area contributed by atoms with Crippen LogP contribution in [0, 0.1) is 5.82 Å². The van der Waals surface area contributed by atoms with Crippen LogP contribution in [-0.4, -0.2) is 52.7 Å². The first kappa shape index (κ1) is 20.7. The Hall–Kier alpha value is -3.55. The lowest BCUT2D eigenvalue weighted by Gasteiger charge is -2.36. The summed E-state index contributed by atoms with van der Waals surface area (Å²) in [4.78, 5) is 47.0. The number of halogens is 1. The molecular weight excluding hydrogens is 399 g/mol. The van der Waals surface area contributed by atoms with E-state index in [1.807, 2.05) is 11.0 Å². The van der Waals surface area contributed by atoms with Crippen LogP contribution in [0.5, 0.6) is 0 Å². The number of aromatic amines is 1. The van der Waals surface area contributed by atoms with Gasteiger partial charge in [0.05, 0.1) is 16.6 Å². The second kappa shape index (κ2) is 8.67. The zero-order chi connectivity index (χ0) is 22.0. The van der Waals surface area contributed by atoms with Gasteiger partial charge in [0.2, 0.25) is 5.91 Å². The fourth-order valence-corrected chi connectivity index (χ4v) is 3.82. The first-order valence-electron chi connectivity index (χ1n) is 10.2. The molecule has 1 amide bonds. The summed E-state index contributed by atoms with van der Waals surface area (Å²) in [5.74, 6) is -0.145. The number of carbonyl (C=O) groups excluding carboxylic acids is 2. The highest BCUT2D eigenvalue weighted by Crippen LogP contribution is 2.22. The molecule has 1 saturated heterocycles. The molecule has 0 radical (unpaired) electrons. The van der Waals surface area contributed by atoms with E-state index < -0.39 is 5.82 Å². The Balaban J connectivity index is 1.35. The molecule has 0 unspecified atom stereocenters. The SMILES string of the molecule is CC(=O)c1ccc(N2CCN(C(=O)CCc3nc4ccccc4c(=O)[nH]3)CC2)c(F)c1. The minimum atomic E-state index is -0.432. The third kappa shape index (κ3) is 4.47. The van der Waals surface area contributed by atoms with Crippen LogP contribution in [0.3, 0.4) is 0 Å². The van der Waals surface area contributed by atoms with Crippen molar-refractivity contribution in [2.45, 2.75) is 19.8 Å². The highest BCUT2D eigenvalue weighted by atomic mass is 19.1. The van der Waals surface area contributed by atoms with Crippen LogP contribution in [0.1, 0.15) is 29.5 Å². The Morgan fingerprint density at radius 2 is 1.84 bits per heavy atom. The van der Waals surface area contributed by atoms with Crippen LogP contribution in [-0.2, 0) is 11.2 Å². The number of aromatic nitrogens is 2. The fourth-order valence-electron chi connectivity index (χ4n) is 3.82. The Morgan fingerprint density at radius 1 is 1.10 bits per heavy atom. The van der Waals surface area contributed by atoms with E-state index in [-0.39, 0.29) is 23.7 Å². The van der Waals surface area contributed by atoms with Crippen LogP contribution < -0.4 is 10.5 Å². The molecule has 0 bridgehead atoms. The lowest BCUT2D eigenvalue weighted by Crippen LogP contribution is -2.49. The van der Waals surface area contributed by atoms with Crippen molar-refractivity contribution in [3.8, 4) is 0 Å². The molecule has 0 atom stereocenters. The number of hydrogen-bond acceptors (Lipinski definition) is 5. The van der Waals surface area contributed by atoms with Gasteiger partial charge in [0.1, 0.15) is 11.6 Å². The summed E-state index contributed by atoms with van der Waals surface area (Å²) in [6.07, 6.45) is 0.587. The van der Waals surface area contributed by atoms with Crippen LogP contribution >= 0.6 is 0 Å². The number of ketones is 1. The molecule has 4 rings (SSSR count). The second-order valence-electron chi connectivity index (χ2n) is 7.62. The van der Waals surface area contributed by atoms with E-state index in [1.54, 1.807) is 35.2 Å². The van der Waals surface area contributed by atoms with E-state index in [0.717, 1.165) is 0 Å². The van der Waals surface area contributed by atoms with Gasteiger partial charge >= 0.3 is 0 Å². The van der Waals surface area contributed by atoms with Gasteiger partial charge in [-0.1, -0.05) is 12.1 Å². The third-order valence-corrected chi connectivity index (χ3v) is 5.56. The van der Waals surface area contributed by atoms with Crippen molar-refractivity contribution in [3.63, 3.8) is 0 Å². The van der Waals surface area contributed by atoms with Gasteiger partial charge in [0, 0.05) is 44.6 Å². The van der Waals surface area contributed by atoms with Gasteiger partial charge in [-0.3, -0.25) is 14.4 Å². The maximum atomic E-state index is 14.4. The van der Waals surface area contributed by atoms with E-state index in [0.29, 0.717) is 60.6 Å². The van der Waals surface area contributed by atoms with Gasteiger partial charge < -0.3 is 14.8 Å². The number of hydrogen-bond donors (Lipinski definition) is 1. The summed E-state index contributed by atoms with van der Waals surface area (Å²) in [5.41, 5.74) is 1.19. The number of piperazine rings is 1. The second-order valence-corrected chi connectivity index (χ2v) is 7.62.